The molecule has 0 saturated carbocycles. The first kappa shape index (κ1) is 21.5. The van der Waals surface area contributed by atoms with Crippen LogP contribution in [0.3, 0.4) is 0 Å². The Balaban J connectivity index is 1.35. The fourth-order valence-corrected chi connectivity index (χ4v) is 5.66. The Hall–Kier alpha value is -3.37. The molecule has 1 aromatic heterocycles. The summed E-state index contributed by atoms with van der Waals surface area (Å²) in [5.74, 6) is 0.658. The number of piperazine rings is 1. The number of carbonyl (C=O) groups excluding carboxylic acids is 1. The molecule has 5 rings (SSSR count). The van der Waals surface area contributed by atoms with Crippen molar-refractivity contribution in [2.45, 2.75) is 4.90 Å². The van der Waals surface area contributed by atoms with Gasteiger partial charge in [0.1, 0.15) is 13.2 Å². The number of hydrogen-bond donors (Lipinski definition) is 0. The number of para-hydroxylation sites is 1. The first-order valence-corrected chi connectivity index (χ1v) is 12.1. The van der Waals surface area contributed by atoms with E-state index in [4.69, 9.17) is 9.47 Å². The van der Waals surface area contributed by atoms with Gasteiger partial charge in [-0.15, -0.1) is 0 Å². The van der Waals surface area contributed by atoms with Gasteiger partial charge in [-0.1, -0.05) is 18.2 Å². The minimum Gasteiger partial charge on any atom is -0.486 e. The molecule has 2 aromatic carbocycles. The molecule has 1 saturated heterocycles. The number of sulfonamides is 1. The molecule has 2 aliphatic rings. The lowest BCUT2D eigenvalue weighted by Crippen LogP contribution is -2.50. The van der Waals surface area contributed by atoms with E-state index in [9.17, 15) is 18.0 Å². The molecule has 9 nitrogen and oxygen atoms in total. The number of aryl methyl sites for hydroxylation is 1. The van der Waals surface area contributed by atoms with Crippen molar-refractivity contribution in [2.24, 2.45) is 7.05 Å². The third-order valence-corrected chi connectivity index (χ3v) is 7.96. The van der Waals surface area contributed by atoms with Crippen LogP contribution in [0.5, 0.6) is 11.5 Å². The van der Waals surface area contributed by atoms with Crippen LogP contribution in [-0.2, 0) is 17.1 Å². The Kier molecular flexibility index (Phi) is 5.34. The summed E-state index contributed by atoms with van der Waals surface area (Å²) in [7, 11) is -2.08. The molecule has 0 bridgehead atoms. The van der Waals surface area contributed by atoms with Crippen LogP contribution in [0.4, 0.5) is 0 Å². The Morgan fingerprint density at radius 1 is 0.909 bits per heavy atom. The summed E-state index contributed by atoms with van der Waals surface area (Å²) in [6.45, 7) is 1.57. The Morgan fingerprint density at radius 3 is 2.36 bits per heavy atom. The van der Waals surface area contributed by atoms with E-state index in [1.165, 1.54) is 27.1 Å². The summed E-state index contributed by atoms with van der Waals surface area (Å²) in [5.41, 5.74) is 0.738. The minimum atomic E-state index is -3.75. The highest BCUT2D eigenvalue weighted by atomic mass is 32.2. The summed E-state index contributed by atoms with van der Waals surface area (Å²) < 4.78 is 40.2. The van der Waals surface area contributed by atoms with Crippen molar-refractivity contribution in [2.75, 3.05) is 39.4 Å². The normalized spacial score (nSPS) is 16.7. The number of pyridine rings is 1. The summed E-state index contributed by atoms with van der Waals surface area (Å²) in [6.07, 6.45) is 0. The van der Waals surface area contributed by atoms with Gasteiger partial charge >= 0.3 is 0 Å². The molecule has 3 heterocycles. The zero-order valence-corrected chi connectivity index (χ0v) is 18.9. The molecule has 3 aromatic rings. The van der Waals surface area contributed by atoms with Gasteiger partial charge in [-0.2, -0.15) is 4.31 Å². The number of fused-ring (bicyclic) bond motifs is 2. The molecule has 33 heavy (non-hydrogen) atoms. The van der Waals surface area contributed by atoms with Gasteiger partial charge < -0.3 is 18.9 Å². The second-order valence-electron chi connectivity index (χ2n) is 7.97. The lowest BCUT2D eigenvalue weighted by atomic mass is 10.1. The van der Waals surface area contributed by atoms with Crippen LogP contribution < -0.4 is 15.0 Å². The van der Waals surface area contributed by atoms with Gasteiger partial charge in [-0.05, 0) is 18.2 Å². The van der Waals surface area contributed by atoms with Crippen LogP contribution in [0.15, 0.2) is 58.2 Å². The van der Waals surface area contributed by atoms with E-state index in [1.54, 1.807) is 24.1 Å². The van der Waals surface area contributed by atoms with Crippen molar-refractivity contribution in [1.82, 2.24) is 13.8 Å². The van der Waals surface area contributed by atoms with Gasteiger partial charge in [0.15, 0.2) is 11.5 Å². The van der Waals surface area contributed by atoms with E-state index in [0.717, 1.165) is 0 Å². The Bertz CT molecular complexity index is 1410. The number of amides is 1. The molecule has 1 amide bonds. The monoisotopic (exact) mass is 469 g/mol. The third-order valence-electron chi connectivity index (χ3n) is 6.06. The van der Waals surface area contributed by atoms with Crippen molar-refractivity contribution in [3.8, 4) is 11.5 Å². The standard InChI is InChI=1S/C23H23N3O6S/c1-24-19-5-3-2-4-17(19)18(15-22(24)27)23(28)25-8-10-26(11-9-25)33(29,30)16-6-7-20-21(14-16)32-13-12-31-20/h2-7,14-15H,8-13H2,1H3. The van der Waals surface area contributed by atoms with Crippen LogP contribution in [0.1, 0.15) is 10.4 Å². The van der Waals surface area contributed by atoms with Crippen LogP contribution in [0.2, 0.25) is 0 Å². The maximum Gasteiger partial charge on any atom is 0.254 e. The fourth-order valence-electron chi connectivity index (χ4n) is 4.22. The van der Waals surface area contributed by atoms with Crippen molar-refractivity contribution in [1.29, 1.82) is 0 Å². The van der Waals surface area contributed by atoms with Crippen LogP contribution >= 0.6 is 0 Å². The molecule has 0 unspecified atom stereocenters. The van der Waals surface area contributed by atoms with Gasteiger partial charge in [0.05, 0.1) is 16.0 Å². The van der Waals surface area contributed by atoms with Crippen LogP contribution in [0.25, 0.3) is 10.9 Å². The molecule has 0 aliphatic carbocycles. The van der Waals surface area contributed by atoms with E-state index < -0.39 is 10.0 Å². The second-order valence-corrected chi connectivity index (χ2v) is 9.91. The van der Waals surface area contributed by atoms with Crippen molar-refractivity contribution < 1.29 is 22.7 Å². The van der Waals surface area contributed by atoms with Gasteiger partial charge in [-0.25, -0.2) is 8.42 Å². The predicted molar refractivity (Wildman–Crippen MR) is 121 cm³/mol. The Labute approximate surface area is 190 Å². The average molecular weight is 470 g/mol. The molecule has 0 spiro atoms. The van der Waals surface area contributed by atoms with Crippen molar-refractivity contribution in [3.63, 3.8) is 0 Å². The van der Waals surface area contributed by atoms with Crippen LogP contribution in [-0.4, -0.2) is 67.5 Å². The lowest BCUT2D eigenvalue weighted by molar-refractivity contribution is 0.0699. The maximum atomic E-state index is 13.2. The SMILES string of the molecule is Cn1c(=O)cc(C(=O)N2CCN(S(=O)(=O)c3ccc4c(c3)OCCO4)CC2)c2ccccc21. The molecule has 0 radical (unpaired) electrons. The number of hydrogen-bond acceptors (Lipinski definition) is 6. The van der Waals surface area contributed by atoms with E-state index >= 15 is 0 Å². The summed E-state index contributed by atoms with van der Waals surface area (Å²) in [6, 6.07) is 13.2. The summed E-state index contributed by atoms with van der Waals surface area (Å²) in [5, 5.41) is 0.691. The van der Waals surface area contributed by atoms with Gasteiger partial charge in [0.25, 0.3) is 11.5 Å². The molecule has 10 heteroatoms. The molecule has 172 valence electrons. The van der Waals surface area contributed by atoms with Crippen molar-refractivity contribution in [3.05, 3.63) is 64.4 Å². The lowest BCUT2D eigenvalue weighted by Gasteiger charge is -2.34. The number of nitrogens with zero attached hydrogens (tertiary/aromatic N) is 3. The fraction of sp³-hybridized carbons (Fsp3) is 0.304. The zero-order chi connectivity index (χ0) is 23.2. The van der Waals surface area contributed by atoms with Gasteiger partial charge in [0, 0.05) is 50.7 Å². The highest BCUT2D eigenvalue weighted by Gasteiger charge is 2.32. The molecule has 0 N–H and O–H groups in total. The molecule has 1 fully saturated rings. The largest absolute Gasteiger partial charge is 0.486 e. The quantitative estimate of drug-likeness (QED) is 0.576. The van der Waals surface area contributed by atoms with Gasteiger partial charge in [-0.3, -0.25) is 9.59 Å². The first-order valence-electron chi connectivity index (χ1n) is 10.6. The van der Waals surface area contributed by atoms with E-state index in [1.807, 2.05) is 18.2 Å². The number of carbonyl (C=O) groups is 1. The average Bonchev–Trinajstić information content (AvgIpc) is 2.85. The van der Waals surface area contributed by atoms with Crippen molar-refractivity contribution >= 4 is 26.8 Å². The number of aromatic nitrogens is 1. The Morgan fingerprint density at radius 2 is 1.61 bits per heavy atom. The molecule has 0 atom stereocenters. The third kappa shape index (κ3) is 3.75. The van der Waals surface area contributed by atoms with Gasteiger partial charge in [0.2, 0.25) is 10.0 Å². The maximum absolute atomic E-state index is 13.2. The predicted octanol–water partition coefficient (Wildman–Crippen LogP) is 1.46. The smallest absolute Gasteiger partial charge is 0.254 e. The molecule has 2 aliphatic heterocycles. The minimum absolute atomic E-state index is 0.129. The summed E-state index contributed by atoms with van der Waals surface area (Å²) >= 11 is 0. The molecular formula is C23H23N3O6S. The zero-order valence-electron chi connectivity index (χ0n) is 18.1. The first-order chi connectivity index (χ1) is 15.9. The number of ether oxygens (including phenoxy) is 2. The summed E-state index contributed by atoms with van der Waals surface area (Å²) in [4.78, 5) is 27.3. The highest BCUT2D eigenvalue weighted by Crippen LogP contribution is 2.33. The topological polar surface area (TPSA) is 98.2 Å². The number of benzene rings is 2. The van der Waals surface area contributed by atoms with E-state index in [0.29, 0.717) is 41.2 Å². The highest BCUT2D eigenvalue weighted by molar-refractivity contribution is 7.89. The second kappa shape index (κ2) is 8.20. The number of rotatable bonds is 3. The van der Waals surface area contributed by atoms with Crippen LogP contribution in [0, 0.1) is 0 Å². The van der Waals surface area contributed by atoms with E-state index in [2.05, 4.69) is 0 Å². The molecular weight excluding hydrogens is 446 g/mol. The van der Waals surface area contributed by atoms with E-state index in [-0.39, 0.29) is 42.5 Å².